The minimum absolute atomic E-state index is 0.103. The van der Waals surface area contributed by atoms with Crippen LogP contribution in [0.4, 0.5) is 4.39 Å². The highest BCUT2D eigenvalue weighted by molar-refractivity contribution is 5.74. The Balaban J connectivity index is 2.65. The molecule has 0 saturated carbocycles. The third kappa shape index (κ3) is 3.35. The summed E-state index contributed by atoms with van der Waals surface area (Å²) in [4.78, 5) is 11.5. The first-order chi connectivity index (χ1) is 7.17. The normalized spacial score (nSPS) is 10.4. The SMILES string of the molecule is CCC(CC)C(=O)Oc1cccc(F)c1. The lowest BCUT2D eigenvalue weighted by Gasteiger charge is -2.11. The number of carbonyl (C=O) groups is 1. The predicted octanol–water partition coefficient (Wildman–Crippen LogP) is 3.17. The highest BCUT2D eigenvalue weighted by Gasteiger charge is 2.16. The van der Waals surface area contributed by atoms with Gasteiger partial charge in [-0.2, -0.15) is 0 Å². The van der Waals surface area contributed by atoms with Crippen molar-refractivity contribution in [3.05, 3.63) is 30.1 Å². The fraction of sp³-hybridized carbons (Fsp3) is 0.417. The monoisotopic (exact) mass is 210 g/mol. The Morgan fingerprint density at radius 2 is 2.07 bits per heavy atom. The molecule has 0 aliphatic rings. The quantitative estimate of drug-likeness (QED) is 0.563. The molecule has 2 nitrogen and oxygen atoms in total. The van der Waals surface area contributed by atoms with Gasteiger partial charge in [0.1, 0.15) is 11.6 Å². The van der Waals surface area contributed by atoms with Gasteiger partial charge in [-0.1, -0.05) is 19.9 Å². The smallest absolute Gasteiger partial charge is 0.314 e. The Bertz CT molecular complexity index is 332. The molecule has 0 radical (unpaired) electrons. The molecular weight excluding hydrogens is 195 g/mol. The van der Waals surface area contributed by atoms with E-state index in [2.05, 4.69) is 0 Å². The lowest BCUT2D eigenvalue weighted by molar-refractivity contribution is -0.139. The molecule has 0 aliphatic carbocycles. The van der Waals surface area contributed by atoms with Gasteiger partial charge in [-0.3, -0.25) is 4.79 Å². The molecule has 0 spiro atoms. The van der Waals surface area contributed by atoms with Crippen molar-refractivity contribution < 1.29 is 13.9 Å². The summed E-state index contributed by atoms with van der Waals surface area (Å²) in [6, 6.07) is 5.61. The van der Waals surface area contributed by atoms with Gasteiger partial charge in [-0.25, -0.2) is 4.39 Å². The van der Waals surface area contributed by atoms with Crippen molar-refractivity contribution in [1.29, 1.82) is 0 Å². The maximum Gasteiger partial charge on any atom is 0.314 e. The van der Waals surface area contributed by atoms with Crippen LogP contribution in [0.5, 0.6) is 5.75 Å². The van der Waals surface area contributed by atoms with Crippen molar-refractivity contribution in [2.75, 3.05) is 0 Å². The van der Waals surface area contributed by atoms with Crippen LogP contribution in [0.3, 0.4) is 0 Å². The molecule has 82 valence electrons. The summed E-state index contributed by atoms with van der Waals surface area (Å²) in [6.07, 6.45) is 1.48. The van der Waals surface area contributed by atoms with Crippen LogP contribution >= 0.6 is 0 Å². The molecule has 0 atom stereocenters. The molecule has 0 fully saturated rings. The second kappa shape index (κ2) is 5.49. The van der Waals surface area contributed by atoms with Gasteiger partial charge in [0.15, 0.2) is 0 Å². The molecule has 0 aliphatic heterocycles. The van der Waals surface area contributed by atoms with Gasteiger partial charge in [-0.15, -0.1) is 0 Å². The zero-order valence-corrected chi connectivity index (χ0v) is 9.00. The van der Waals surface area contributed by atoms with Crippen molar-refractivity contribution in [3.63, 3.8) is 0 Å². The number of esters is 1. The van der Waals surface area contributed by atoms with Crippen molar-refractivity contribution in [3.8, 4) is 5.75 Å². The molecule has 0 saturated heterocycles. The van der Waals surface area contributed by atoms with E-state index in [-0.39, 0.29) is 17.6 Å². The van der Waals surface area contributed by atoms with Crippen LogP contribution in [0.1, 0.15) is 26.7 Å². The highest BCUT2D eigenvalue weighted by atomic mass is 19.1. The zero-order valence-electron chi connectivity index (χ0n) is 9.00. The van der Waals surface area contributed by atoms with Crippen molar-refractivity contribution in [1.82, 2.24) is 0 Å². The van der Waals surface area contributed by atoms with E-state index in [0.717, 1.165) is 12.8 Å². The number of halogens is 1. The first kappa shape index (κ1) is 11.7. The lowest BCUT2D eigenvalue weighted by Crippen LogP contribution is -2.19. The molecule has 0 aromatic heterocycles. The minimum atomic E-state index is -0.398. The number of hydrogen-bond donors (Lipinski definition) is 0. The molecule has 0 N–H and O–H groups in total. The molecule has 0 heterocycles. The van der Waals surface area contributed by atoms with Crippen LogP contribution in [0, 0.1) is 11.7 Å². The van der Waals surface area contributed by atoms with Crippen LogP contribution in [0.15, 0.2) is 24.3 Å². The van der Waals surface area contributed by atoms with Crippen molar-refractivity contribution >= 4 is 5.97 Å². The van der Waals surface area contributed by atoms with Crippen LogP contribution < -0.4 is 4.74 Å². The van der Waals surface area contributed by atoms with E-state index in [1.165, 1.54) is 18.2 Å². The Hall–Kier alpha value is -1.38. The summed E-state index contributed by atoms with van der Waals surface area (Å²) >= 11 is 0. The van der Waals surface area contributed by atoms with E-state index in [0.29, 0.717) is 0 Å². The van der Waals surface area contributed by atoms with Gasteiger partial charge in [0.25, 0.3) is 0 Å². The van der Waals surface area contributed by atoms with Crippen molar-refractivity contribution in [2.24, 2.45) is 5.92 Å². The molecule has 15 heavy (non-hydrogen) atoms. The number of ether oxygens (including phenoxy) is 1. The minimum Gasteiger partial charge on any atom is -0.426 e. The average molecular weight is 210 g/mol. The van der Waals surface area contributed by atoms with Gasteiger partial charge >= 0.3 is 5.97 Å². The summed E-state index contributed by atoms with van der Waals surface area (Å²) < 4.78 is 17.9. The predicted molar refractivity (Wildman–Crippen MR) is 56.1 cm³/mol. The van der Waals surface area contributed by atoms with Gasteiger partial charge < -0.3 is 4.74 Å². The Labute approximate surface area is 89.1 Å². The maximum absolute atomic E-state index is 12.8. The average Bonchev–Trinajstić information content (AvgIpc) is 2.19. The first-order valence-corrected chi connectivity index (χ1v) is 5.14. The number of carbonyl (C=O) groups excluding carboxylic acids is 1. The largest absolute Gasteiger partial charge is 0.426 e. The summed E-state index contributed by atoms with van der Waals surface area (Å²) in [6.45, 7) is 3.86. The molecule has 0 amide bonds. The Morgan fingerprint density at radius 1 is 1.40 bits per heavy atom. The highest BCUT2D eigenvalue weighted by Crippen LogP contribution is 2.16. The van der Waals surface area contributed by atoms with Crippen molar-refractivity contribution in [2.45, 2.75) is 26.7 Å². The molecule has 0 unspecified atom stereocenters. The molecule has 1 rings (SSSR count). The fourth-order valence-corrected chi connectivity index (χ4v) is 1.35. The topological polar surface area (TPSA) is 26.3 Å². The van der Waals surface area contributed by atoms with Gasteiger partial charge in [0, 0.05) is 6.07 Å². The molecule has 1 aromatic carbocycles. The fourth-order valence-electron chi connectivity index (χ4n) is 1.35. The van der Waals surface area contributed by atoms with Gasteiger partial charge in [0.05, 0.1) is 5.92 Å². The van der Waals surface area contributed by atoms with Crippen LogP contribution in [-0.2, 0) is 4.79 Å². The third-order valence-electron chi connectivity index (χ3n) is 2.33. The summed E-state index contributed by atoms with van der Waals surface area (Å²) in [5, 5.41) is 0. The second-order valence-corrected chi connectivity index (χ2v) is 3.39. The summed E-state index contributed by atoms with van der Waals surface area (Å²) in [7, 11) is 0. The van der Waals surface area contributed by atoms with E-state index < -0.39 is 5.82 Å². The lowest BCUT2D eigenvalue weighted by atomic mass is 10.0. The van der Waals surface area contributed by atoms with Crippen LogP contribution in [0.2, 0.25) is 0 Å². The molecule has 0 bridgehead atoms. The summed E-state index contributed by atoms with van der Waals surface area (Å²) in [5.74, 6) is -0.518. The molecular formula is C12H15FO2. The standard InChI is InChI=1S/C12H15FO2/c1-3-9(4-2)12(14)15-11-7-5-6-10(13)8-11/h5-9H,3-4H2,1-2H3. The summed E-state index contributed by atoms with van der Waals surface area (Å²) in [5.41, 5.74) is 0. The van der Waals surface area contributed by atoms with E-state index in [1.54, 1.807) is 6.07 Å². The first-order valence-electron chi connectivity index (χ1n) is 5.14. The van der Waals surface area contributed by atoms with Crippen LogP contribution in [0.25, 0.3) is 0 Å². The van der Waals surface area contributed by atoms with E-state index in [1.807, 2.05) is 13.8 Å². The number of hydrogen-bond acceptors (Lipinski definition) is 2. The Kier molecular flexibility index (Phi) is 4.28. The maximum atomic E-state index is 12.8. The van der Waals surface area contributed by atoms with Crippen LogP contribution in [-0.4, -0.2) is 5.97 Å². The third-order valence-corrected chi connectivity index (χ3v) is 2.33. The Morgan fingerprint density at radius 3 is 2.60 bits per heavy atom. The van der Waals surface area contributed by atoms with E-state index in [9.17, 15) is 9.18 Å². The van der Waals surface area contributed by atoms with Gasteiger partial charge in [-0.05, 0) is 25.0 Å². The second-order valence-electron chi connectivity index (χ2n) is 3.39. The molecule has 1 aromatic rings. The molecule has 3 heteroatoms. The number of rotatable bonds is 4. The van der Waals surface area contributed by atoms with E-state index >= 15 is 0 Å². The number of benzene rings is 1. The van der Waals surface area contributed by atoms with E-state index in [4.69, 9.17) is 4.74 Å². The van der Waals surface area contributed by atoms with Gasteiger partial charge in [0.2, 0.25) is 0 Å². The zero-order chi connectivity index (χ0) is 11.3.